The fourth-order valence-corrected chi connectivity index (χ4v) is 5.65. The minimum atomic E-state index is -1.06. The Hall–Kier alpha value is -3.32. The van der Waals surface area contributed by atoms with E-state index in [0.29, 0.717) is 11.3 Å². The van der Waals surface area contributed by atoms with Crippen LogP contribution >= 0.6 is 0 Å². The van der Waals surface area contributed by atoms with Gasteiger partial charge in [-0.3, -0.25) is 9.78 Å². The minimum absolute atomic E-state index is 0.0344. The molecule has 0 bridgehead atoms. The lowest BCUT2D eigenvalue weighted by molar-refractivity contribution is -0.119. The summed E-state index contributed by atoms with van der Waals surface area (Å²) in [6, 6.07) is 20.9. The normalized spacial score (nSPS) is 14.2. The van der Waals surface area contributed by atoms with Crippen molar-refractivity contribution in [3.63, 3.8) is 0 Å². The molecule has 0 aliphatic heterocycles. The number of fused-ring (bicyclic) bond motifs is 1. The Morgan fingerprint density at radius 1 is 0.800 bits per heavy atom. The van der Waals surface area contributed by atoms with Gasteiger partial charge < -0.3 is 15.8 Å². The van der Waals surface area contributed by atoms with Gasteiger partial charge in [0.05, 0.1) is 58.6 Å². The molecule has 1 aromatic heterocycles. The Morgan fingerprint density at radius 2 is 1.42 bits per heavy atom. The van der Waals surface area contributed by atoms with Gasteiger partial charge in [0.25, 0.3) is 0 Å². The Kier molecular flexibility index (Phi) is 9.57. The lowest BCUT2D eigenvalue weighted by atomic mass is 9.37. The molecular weight excluding hydrogens is 545 g/mol. The number of anilines is 1. The number of carbonyl (C=O) groups is 2. The van der Waals surface area contributed by atoms with Gasteiger partial charge in [0.15, 0.2) is 15.7 Å². The summed E-state index contributed by atoms with van der Waals surface area (Å²) in [5, 5.41) is 2.92. The van der Waals surface area contributed by atoms with E-state index >= 15 is 0 Å². The van der Waals surface area contributed by atoms with Gasteiger partial charge in [-0.15, -0.1) is 0 Å². The van der Waals surface area contributed by atoms with Gasteiger partial charge in [-0.05, 0) is 51.5 Å². The molecule has 3 N–H and O–H groups in total. The molecule has 0 radical (unpaired) electrons. The van der Waals surface area contributed by atoms with Crippen LogP contribution in [0, 0.1) is 0 Å². The summed E-state index contributed by atoms with van der Waals surface area (Å²) in [4.78, 5) is 31.8. The van der Waals surface area contributed by atoms with Crippen molar-refractivity contribution in [2.75, 3.05) is 5.32 Å². The van der Waals surface area contributed by atoms with Gasteiger partial charge in [0, 0.05) is 22.8 Å². The van der Waals surface area contributed by atoms with Crippen molar-refractivity contribution in [3.05, 3.63) is 101 Å². The first-order valence-electron chi connectivity index (χ1n) is 15.7. The van der Waals surface area contributed by atoms with Gasteiger partial charge in [-0.2, -0.15) is 0 Å². The molecule has 45 heavy (non-hydrogen) atoms. The van der Waals surface area contributed by atoms with Crippen molar-refractivity contribution >= 4 is 120 Å². The van der Waals surface area contributed by atoms with E-state index in [4.69, 9.17) is 10.5 Å². The monoisotopic (exact) mass is 585 g/mol. The number of hydrogen-bond donors (Lipinski definition) is 2. The third-order valence-electron chi connectivity index (χ3n) is 9.12. The van der Waals surface area contributed by atoms with Gasteiger partial charge >= 0.3 is 5.97 Å². The maximum absolute atomic E-state index is 13.9. The van der Waals surface area contributed by atoms with Crippen molar-refractivity contribution in [2.24, 2.45) is 5.73 Å². The Balaban J connectivity index is 1.58. The second-order valence-corrected chi connectivity index (χ2v) is 15.1. The van der Waals surface area contributed by atoms with Crippen LogP contribution in [0.25, 0.3) is 10.8 Å². The summed E-state index contributed by atoms with van der Waals surface area (Å²) in [6.07, 6.45) is 1.77. The van der Waals surface area contributed by atoms with E-state index in [1.54, 1.807) is 6.20 Å². The summed E-state index contributed by atoms with van der Waals surface area (Å²) < 4.78 is 6.00. The molecule has 1 heterocycles. The smallest absolute Gasteiger partial charge is 0.338 e. The molecule has 4 rings (SSSR count). The van der Waals surface area contributed by atoms with Crippen LogP contribution in [0.4, 0.5) is 5.69 Å². The zero-order valence-corrected chi connectivity index (χ0v) is 28.8. The topological polar surface area (TPSA) is 94.3 Å². The summed E-state index contributed by atoms with van der Waals surface area (Å²) in [7, 11) is 22.2. The number of aromatic nitrogens is 1. The SMILES string of the molecule is Bc1nccc2cc(NC(=O)C(B)(c3ccc(C(B)OC(=O)c4ccc(C(B)(B)B)cc4C(B)(B)B)cc3)C(B)(B)N)ccc12. The molecule has 216 valence electrons. The molecule has 6 nitrogen and oxygen atoms in total. The number of nitrogens with one attached hydrogen (secondary N) is 1. The van der Waals surface area contributed by atoms with Crippen molar-refractivity contribution in [3.8, 4) is 0 Å². The second-order valence-electron chi connectivity index (χ2n) is 15.1. The van der Waals surface area contributed by atoms with Crippen LogP contribution in [0.2, 0.25) is 0 Å². The third kappa shape index (κ3) is 7.24. The lowest BCUT2D eigenvalue weighted by Gasteiger charge is -2.41. The second kappa shape index (κ2) is 12.5. The molecule has 0 fully saturated rings. The predicted octanol–water partition coefficient (Wildman–Crippen LogP) is -7.65. The zero-order valence-electron chi connectivity index (χ0n) is 28.8. The molecule has 3 aromatic carbocycles. The van der Waals surface area contributed by atoms with Crippen LogP contribution in [0.1, 0.15) is 38.6 Å². The first-order valence-corrected chi connectivity index (χ1v) is 15.7. The molecule has 0 saturated heterocycles. The Labute approximate surface area is 277 Å². The molecule has 1 amide bonds. The van der Waals surface area contributed by atoms with Crippen LogP contribution in [0.5, 0.6) is 0 Å². The van der Waals surface area contributed by atoms with E-state index in [1.807, 2.05) is 99.9 Å². The van der Waals surface area contributed by atoms with Crippen molar-refractivity contribution in [1.29, 1.82) is 0 Å². The number of esters is 1. The third-order valence-corrected chi connectivity index (χ3v) is 9.12. The lowest BCUT2D eigenvalue weighted by Crippen LogP contribution is -2.65. The van der Waals surface area contributed by atoms with Crippen molar-refractivity contribution < 1.29 is 14.3 Å². The van der Waals surface area contributed by atoms with E-state index in [-0.39, 0.29) is 22.1 Å². The van der Waals surface area contributed by atoms with E-state index in [0.717, 1.165) is 33.1 Å². The Bertz CT molecular complexity index is 1750. The number of hydrogen-bond acceptors (Lipinski definition) is 5. The highest BCUT2D eigenvalue weighted by Crippen LogP contribution is 2.32. The first-order chi connectivity index (χ1) is 20.7. The van der Waals surface area contributed by atoms with Gasteiger partial charge in [0.1, 0.15) is 23.5 Å². The molecule has 2 unspecified atom stereocenters. The fraction of sp³-hybridized carbons (Fsp3) is 0.179. The zero-order chi connectivity index (χ0) is 33.5. The van der Waals surface area contributed by atoms with Crippen LogP contribution in [-0.4, -0.2) is 109 Å². The quantitative estimate of drug-likeness (QED) is 0.151. The summed E-state index contributed by atoms with van der Waals surface area (Å²) in [6.45, 7) is 0. The number of ether oxygens (including phenoxy) is 1. The summed E-state index contributed by atoms with van der Waals surface area (Å²) in [5.41, 5.74) is 12.6. The number of pyridine rings is 1. The average Bonchev–Trinajstić information content (AvgIpc) is 2.95. The average molecular weight is 584 g/mol. The van der Waals surface area contributed by atoms with E-state index in [1.165, 1.54) is 5.56 Å². The number of carbonyl (C=O) groups excluding carboxylic acids is 2. The predicted molar refractivity (Wildman–Crippen MR) is 217 cm³/mol. The number of amides is 1. The van der Waals surface area contributed by atoms with Gasteiger partial charge in [-0.1, -0.05) is 63.8 Å². The maximum atomic E-state index is 13.9. The van der Waals surface area contributed by atoms with E-state index in [2.05, 4.69) is 63.4 Å². The number of benzene rings is 3. The number of nitrogens with two attached hydrogens (primary N) is 1. The highest BCUT2D eigenvalue weighted by molar-refractivity contribution is 6.60. The molecule has 4 aromatic rings. The van der Waals surface area contributed by atoms with E-state index < -0.39 is 16.7 Å². The summed E-state index contributed by atoms with van der Waals surface area (Å²) >= 11 is 0. The van der Waals surface area contributed by atoms with Crippen LogP contribution in [0.3, 0.4) is 0 Å². The minimum Gasteiger partial charge on any atom is -0.464 e. The van der Waals surface area contributed by atoms with Crippen molar-refractivity contribution in [1.82, 2.24) is 4.98 Å². The number of nitrogens with zero attached hydrogens (tertiary/aromatic N) is 1. The molecule has 0 spiro atoms. The number of rotatable bonds is 9. The molecule has 17 heteroatoms. The van der Waals surface area contributed by atoms with E-state index in [9.17, 15) is 9.59 Å². The fourth-order valence-electron chi connectivity index (χ4n) is 5.65. The largest absolute Gasteiger partial charge is 0.464 e. The highest BCUT2D eigenvalue weighted by Gasteiger charge is 2.45. The van der Waals surface area contributed by atoms with Crippen LogP contribution < -0.4 is 16.6 Å². The molecule has 2 atom stereocenters. The van der Waals surface area contributed by atoms with Gasteiger partial charge in [-0.25, -0.2) is 4.79 Å². The standard InChI is InChI=1S/C28H38B11N3O3/c29-21-18-8-6-17(11-14(18)9-10-41-21)42-24(44)25(31,28(38,39)40)15-3-1-13(2-4-15)22(30)45-23(43)19-7-5-16(26(32,33)34)12-20(19)27(35,36)37/h1-12,22H,29-40H2,(H,42,44). The first kappa shape index (κ1) is 34.6. The van der Waals surface area contributed by atoms with Gasteiger partial charge in [0.2, 0.25) is 5.91 Å². The molecule has 0 aliphatic carbocycles. The van der Waals surface area contributed by atoms with Crippen LogP contribution in [0.15, 0.2) is 72.9 Å². The highest BCUT2D eigenvalue weighted by atomic mass is 16.5. The maximum Gasteiger partial charge on any atom is 0.338 e. The molecular formula is C28H38B11N3O3. The summed E-state index contributed by atoms with van der Waals surface area (Å²) in [5.74, 6) is -0.564. The van der Waals surface area contributed by atoms with Crippen molar-refractivity contribution in [2.45, 2.75) is 26.9 Å². The Morgan fingerprint density at radius 3 is 2.00 bits per heavy atom. The van der Waals surface area contributed by atoms with Crippen LogP contribution in [-0.2, 0) is 25.1 Å². The molecule has 0 saturated carbocycles. The molecule has 0 aliphatic rings.